The zero-order chi connectivity index (χ0) is 27.2. The lowest BCUT2D eigenvalue weighted by molar-refractivity contribution is -0.139. The highest BCUT2D eigenvalue weighted by atomic mass is 35.5. The summed E-state index contributed by atoms with van der Waals surface area (Å²) >= 11 is 6.15. The van der Waals surface area contributed by atoms with Crippen molar-refractivity contribution in [2.45, 2.75) is 38.3 Å². The highest BCUT2D eigenvalue weighted by Gasteiger charge is 2.32. The van der Waals surface area contributed by atoms with Crippen molar-refractivity contribution in [3.05, 3.63) is 94.8 Å². The minimum Gasteiger partial charge on any atom is -0.355 e. The summed E-state index contributed by atoms with van der Waals surface area (Å²) in [5.74, 6) is -1.44. The number of anilines is 1. The van der Waals surface area contributed by atoms with Gasteiger partial charge in [-0.25, -0.2) is 12.8 Å². The van der Waals surface area contributed by atoms with Crippen molar-refractivity contribution in [3.63, 3.8) is 0 Å². The number of nitrogens with one attached hydrogen (secondary N) is 1. The van der Waals surface area contributed by atoms with Crippen molar-refractivity contribution in [1.82, 2.24) is 10.2 Å². The molecular weight excluding hydrogens is 517 g/mol. The van der Waals surface area contributed by atoms with E-state index in [2.05, 4.69) is 5.32 Å². The summed E-state index contributed by atoms with van der Waals surface area (Å²) in [7, 11) is -4.17. The highest BCUT2D eigenvalue weighted by Crippen LogP contribution is 2.27. The van der Waals surface area contributed by atoms with Gasteiger partial charge in [0, 0.05) is 18.1 Å². The quantitative estimate of drug-likeness (QED) is 0.405. The van der Waals surface area contributed by atoms with E-state index < -0.39 is 40.2 Å². The number of sulfonamides is 1. The summed E-state index contributed by atoms with van der Waals surface area (Å²) in [6.07, 6.45) is 0. The summed E-state index contributed by atoms with van der Waals surface area (Å²) in [6, 6.07) is 17.1. The van der Waals surface area contributed by atoms with Crippen molar-refractivity contribution in [2.75, 3.05) is 17.4 Å². The maximum absolute atomic E-state index is 13.7. The number of carbonyl (C=O) groups excluding carboxylic acids is 2. The SMILES string of the molecule is CCNC(=O)[C@@H](C)N(Cc1ccc(F)cc1)C(=O)CN(c1cccc(Cl)c1)S(=O)(=O)c1ccc(C)cc1. The van der Waals surface area contributed by atoms with E-state index in [1.54, 1.807) is 44.2 Å². The Morgan fingerprint density at radius 2 is 1.68 bits per heavy atom. The van der Waals surface area contributed by atoms with Gasteiger partial charge in [0.25, 0.3) is 10.0 Å². The number of aryl methyl sites for hydroxylation is 1. The Morgan fingerprint density at radius 1 is 1.03 bits per heavy atom. The van der Waals surface area contributed by atoms with E-state index in [0.717, 1.165) is 9.87 Å². The van der Waals surface area contributed by atoms with Crippen LogP contribution >= 0.6 is 11.6 Å². The predicted octanol–water partition coefficient (Wildman–Crippen LogP) is 4.54. The molecule has 3 aromatic carbocycles. The average molecular weight is 546 g/mol. The summed E-state index contributed by atoms with van der Waals surface area (Å²) in [4.78, 5) is 27.7. The molecule has 0 unspecified atom stereocenters. The molecule has 1 atom stereocenters. The number of rotatable bonds is 10. The second-order valence-corrected chi connectivity index (χ2v) is 10.8. The number of likely N-dealkylation sites (N-methyl/N-ethyl adjacent to an activating group) is 1. The van der Waals surface area contributed by atoms with Gasteiger partial charge in [-0.2, -0.15) is 0 Å². The average Bonchev–Trinajstić information content (AvgIpc) is 2.86. The Balaban J connectivity index is 2.02. The molecule has 0 fully saturated rings. The van der Waals surface area contributed by atoms with Crippen molar-refractivity contribution >= 4 is 39.1 Å². The number of nitrogens with zero attached hydrogens (tertiary/aromatic N) is 2. The van der Waals surface area contributed by atoms with E-state index in [0.29, 0.717) is 17.1 Å². The van der Waals surface area contributed by atoms with Crippen molar-refractivity contribution in [1.29, 1.82) is 0 Å². The maximum atomic E-state index is 13.7. The summed E-state index contributed by atoms with van der Waals surface area (Å²) < 4.78 is 41.8. The van der Waals surface area contributed by atoms with E-state index >= 15 is 0 Å². The van der Waals surface area contributed by atoms with Gasteiger partial charge in [0.2, 0.25) is 11.8 Å². The molecule has 0 heterocycles. The summed E-state index contributed by atoms with van der Waals surface area (Å²) in [5.41, 5.74) is 1.67. The number of benzene rings is 3. The van der Waals surface area contributed by atoms with Gasteiger partial charge in [0.1, 0.15) is 18.4 Å². The molecule has 7 nitrogen and oxygen atoms in total. The lowest BCUT2D eigenvalue weighted by atomic mass is 10.1. The molecule has 0 aliphatic carbocycles. The molecule has 3 rings (SSSR count). The topological polar surface area (TPSA) is 86.8 Å². The fraction of sp³-hybridized carbons (Fsp3) is 0.259. The second-order valence-electron chi connectivity index (χ2n) is 8.52. The molecule has 1 N–H and O–H groups in total. The minimum absolute atomic E-state index is 0.00716. The fourth-order valence-corrected chi connectivity index (χ4v) is 5.28. The number of halogens is 2. The molecule has 0 aromatic heterocycles. The molecular formula is C27H29ClFN3O4S. The molecule has 0 aliphatic heterocycles. The Labute approximate surface area is 221 Å². The van der Waals surface area contributed by atoms with Crippen LogP contribution in [0.4, 0.5) is 10.1 Å². The molecule has 0 radical (unpaired) electrons. The Hall–Kier alpha value is -3.43. The van der Waals surface area contributed by atoms with E-state index in [1.807, 2.05) is 6.92 Å². The van der Waals surface area contributed by atoms with Crippen LogP contribution in [-0.4, -0.2) is 44.3 Å². The zero-order valence-corrected chi connectivity index (χ0v) is 22.4. The lowest BCUT2D eigenvalue weighted by Crippen LogP contribution is -2.51. The van der Waals surface area contributed by atoms with Crippen LogP contribution in [0.15, 0.2) is 77.7 Å². The van der Waals surface area contributed by atoms with Gasteiger partial charge in [-0.15, -0.1) is 0 Å². The molecule has 10 heteroatoms. The van der Waals surface area contributed by atoms with Crippen LogP contribution < -0.4 is 9.62 Å². The summed E-state index contributed by atoms with van der Waals surface area (Å²) in [5, 5.41) is 2.99. The minimum atomic E-state index is -4.17. The van der Waals surface area contributed by atoms with Crippen LogP contribution in [0.25, 0.3) is 0 Å². The van der Waals surface area contributed by atoms with Gasteiger partial charge >= 0.3 is 0 Å². The predicted molar refractivity (Wildman–Crippen MR) is 142 cm³/mol. The van der Waals surface area contributed by atoms with E-state index in [9.17, 15) is 22.4 Å². The van der Waals surface area contributed by atoms with Crippen molar-refractivity contribution in [2.24, 2.45) is 0 Å². The first kappa shape index (κ1) is 28.1. The second kappa shape index (κ2) is 12.2. The van der Waals surface area contributed by atoms with Gasteiger partial charge in [0.05, 0.1) is 10.6 Å². The monoisotopic (exact) mass is 545 g/mol. The number of carbonyl (C=O) groups is 2. The van der Waals surface area contributed by atoms with Crippen LogP contribution in [0.5, 0.6) is 0 Å². The molecule has 2 amide bonds. The molecule has 3 aromatic rings. The molecule has 0 saturated carbocycles. The first-order chi connectivity index (χ1) is 17.5. The highest BCUT2D eigenvalue weighted by molar-refractivity contribution is 7.92. The Morgan fingerprint density at radius 3 is 2.27 bits per heavy atom. The van der Waals surface area contributed by atoms with Crippen molar-refractivity contribution < 1.29 is 22.4 Å². The largest absolute Gasteiger partial charge is 0.355 e. The van der Waals surface area contributed by atoms with Crippen LogP contribution in [0.2, 0.25) is 5.02 Å². The molecule has 0 aliphatic rings. The molecule has 0 saturated heterocycles. The van der Waals surface area contributed by atoms with E-state index in [1.165, 1.54) is 47.4 Å². The van der Waals surface area contributed by atoms with Crippen LogP contribution in [-0.2, 0) is 26.2 Å². The van der Waals surface area contributed by atoms with Crippen LogP contribution in [0, 0.1) is 12.7 Å². The zero-order valence-electron chi connectivity index (χ0n) is 20.8. The molecule has 196 valence electrons. The summed E-state index contributed by atoms with van der Waals surface area (Å²) in [6.45, 7) is 4.91. The van der Waals surface area contributed by atoms with Crippen LogP contribution in [0.3, 0.4) is 0 Å². The van der Waals surface area contributed by atoms with Gasteiger partial charge in [-0.3, -0.25) is 13.9 Å². The maximum Gasteiger partial charge on any atom is 0.264 e. The smallest absolute Gasteiger partial charge is 0.264 e. The standard InChI is InChI=1S/C27H29ClFN3O4S/c1-4-30-27(34)20(3)31(17-21-10-12-23(29)13-11-21)26(33)18-32(24-7-5-6-22(28)16-24)37(35,36)25-14-8-19(2)9-15-25/h5-16,20H,4,17-18H2,1-3H3,(H,30,34)/t20-/m1/s1. The fourth-order valence-electron chi connectivity index (χ4n) is 3.69. The van der Waals surface area contributed by atoms with Gasteiger partial charge < -0.3 is 10.2 Å². The van der Waals surface area contributed by atoms with Crippen LogP contribution in [0.1, 0.15) is 25.0 Å². The molecule has 37 heavy (non-hydrogen) atoms. The first-order valence-corrected chi connectivity index (χ1v) is 13.5. The lowest BCUT2D eigenvalue weighted by Gasteiger charge is -2.32. The molecule has 0 bridgehead atoms. The van der Waals surface area contributed by atoms with Gasteiger partial charge in [-0.1, -0.05) is 47.5 Å². The first-order valence-electron chi connectivity index (χ1n) is 11.7. The number of amides is 2. The molecule has 0 spiro atoms. The van der Waals surface area contributed by atoms with Gasteiger partial charge in [0.15, 0.2) is 0 Å². The van der Waals surface area contributed by atoms with Gasteiger partial charge in [-0.05, 0) is 68.8 Å². The number of hydrogen-bond acceptors (Lipinski definition) is 4. The Bertz CT molecular complexity index is 1350. The van der Waals surface area contributed by atoms with E-state index in [-0.39, 0.29) is 17.1 Å². The normalized spacial score (nSPS) is 12.0. The third kappa shape index (κ3) is 7.08. The van der Waals surface area contributed by atoms with Crippen molar-refractivity contribution in [3.8, 4) is 0 Å². The third-order valence-electron chi connectivity index (χ3n) is 5.77. The number of hydrogen-bond donors (Lipinski definition) is 1. The Kier molecular flexibility index (Phi) is 9.29. The third-order valence-corrected chi connectivity index (χ3v) is 7.79. The van der Waals surface area contributed by atoms with E-state index in [4.69, 9.17) is 11.6 Å².